The van der Waals surface area contributed by atoms with E-state index in [4.69, 9.17) is 23.4 Å². The quantitative estimate of drug-likeness (QED) is 0.165. The molecule has 0 aliphatic carbocycles. The van der Waals surface area contributed by atoms with Gasteiger partial charge in [0.25, 0.3) is 0 Å². The molecule has 2 saturated heterocycles. The number of hydrogen-bond donors (Lipinski definition) is 9. The number of hydrogen-bond acceptors (Lipinski definition) is 15. The number of phenols is 3. The molecule has 0 spiro atoms. The van der Waals surface area contributed by atoms with Gasteiger partial charge in [-0.25, -0.2) is 0 Å². The van der Waals surface area contributed by atoms with Gasteiger partial charge in [-0.3, -0.25) is 4.79 Å². The largest absolute Gasteiger partial charge is 0.508 e. The highest BCUT2D eigenvalue weighted by molar-refractivity contribution is 5.95. The molecule has 0 bridgehead atoms. The molecule has 216 valence electrons. The van der Waals surface area contributed by atoms with Gasteiger partial charge in [-0.05, 0) is 24.3 Å². The topological polar surface area (TPSA) is 249 Å². The summed E-state index contributed by atoms with van der Waals surface area (Å²) < 4.78 is 27.2. The SMILES string of the molecule is O=c1cc(-c2ccc(O)cc2)oc2c(O[C@H]3OC[C@@H](O)[C@@H](O)[C@@H]3O)c(O)c(O[C@@H]3OC[C@@H](O)[C@H](O)[C@H]3O)c(O)c12. The van der Waals surface area contributed by atoms with Crippen molar-refractivity contribution in [3.8, 4) is 40.1 Å². The molecule has 0 saturated carbocycles. The summed E-state index contributed by atoms with van der Waals surface area (Å²) in [4.78, 5) is 13.2. The summed E-state index contributed by atoms with van der Waals surface area (Å²) >= 11 is 0. The average molecular weight is 566 g/mol. The van der Waals surface area contributed by atoms with Crippen molar-refractivity contribution in [2.24, 2.45) is 0 Å². The molecule has 2 aliphatic heterocycles. The zero-order valence-electron chi connectivity index (χ0n) is 20.4. The Kier molecular flexibility index (Phi) is 7.47. The third-order valence-corrected chi connectivity index (χ3v) is 6.56. The number of phenolic OH excluding ortho intramolecular Hbond substituents is 3. The Morgan fingerprint density at radius 3 is 1.77 bits per heavy atom. The van der Waals surface area contributed by atoms with E-state index in [2.05, 4.69) is 0 Å². The van der Waals surface area contributed by atoms with Crippen molar-refractivity contribution in [2.75, 3.05) is 13.2 Å². The third kappa shape index (κ3) is 4.89. The number of benzene rings is 2. The minimum Gasteiger partial charge on any atom is -0.508 e. The van der Waals surface area contributed by atoms with Crippen molar-refractivity contribution in [3.63, 3.8) is 0 Å². The Labute approximate surface area is 223 Å². The summed E-state index contributed by atoms with van der Waals surface area (Å²) in [5.41, 5.74) is -1.10. The molecule has 0 amide bonds. The van der Waals surface area contributed by atoms with Crippen LogP contribution < -0.4 is 14.9 Å². The first-order valence-corrected chi connectivity index (χ1v) is 12.0. The molecular weight excluding hydrogens is 540 g/mol. The average Bonchev–Trinajstić information content (AvgIpc) is 2.93. The number of aromatic hydroxyl groups is 3. The molecule has 2 aliphatic rings. The maximum Gasteiger partial charge on any atom is 0.229 e. The van der Waals surface area contributed by atoms with Gasteiger partial charge in [0.2, 0.25) is 29.8 Å². The van der Waals surface area contributed by atoms with Gasteiger partial charge in [0, 0.05) is 11.6 Å². The van der Waals surface area contributed by atoms with Crippen LogP contribution in [0.1, 0.15) is 0 Å². The second kappa shape index (κ2) is 10.7. The molecule has 15 nitrogen and oxygen atoms in total. The van der Waals surface area contributed by atoms with Crippen molar-refractivity contribution in [2.45, 2.75) is 49.2 Å². The van der Waals surface area contributed by atoms with E-state index in [0.717, 1.165) is 6.07 Å². The predicted octanol–water partition coefficient (Wildman–Crippen LogP) is -1.79. The van der Waals surface area contributed by atoms with E-state index in [1.54, 1.807) is 0 Å². The molecule has 9 N–H and O–H groups in total. The molecule has 2 aromatic carbocycles. The van der Waals surface area contributed by atoms with Crippen LogP contribution >= 0.6 is 0 Å². The monoisotopic (exact) mass is 566 g/mol. The molecule has 3 heterocycles. The van der Waals surface area contributed by atoms with Crippen LogP contribution in [0.5, 0.6) is 28.7 Å². The van der Waals surface area contributed by atoms with Crippen molar-refractivity contribution in [1.29, 1.82) is 0 Å². The van der Waals surface area contributed by atoms with Gasteiger partial charge in [0.15, 0.2) is 16.8 Å². The van der Waals surface area contributed by atoms with Crippen LogP contribution in [0.2, 0.25) is 0 Å². The molecule has 3 aromatic rings. The lowest BCUT2D eigenvalue weighted by Gasteiger charge is -2.36. The first-order valence-electron chi connectivity index (χ1n) is 12.0. The Morgan fingerprint density at radius 2 is 1.23 bits per heavy atom. The van der Waals surface area contributed by atoms with Crippen LogP contribution in [0.3, 0.4) is 0 Å². The Bertz CT molecular complexity index is 1440. The summed E-state index contributed by atoms with van der Waals surface area (Å²) in [6.07, 6.45) is -13.5. The summed E-state index contributed by atoms with van der Waals surface area (Å²) in [6.45, 7) is -0.962. The lowest BCUT2D eigenvalue weighted by molar-refractivity contribution is -0.243. The first kappa shape index (κ1) is 27.9. The van der Waals surface area contributed by atoms with Gasteiger partial charge >= 0.3 is 0 Å². The molecule has 0 radical (unpaired) electrons. The smallest absolute Gasteiger partial charge is 0.229 e. The highest BCUT2D eigenvalue weighted by Gasteiger charge is 2.42. The minimum atomic E-state index is -1.85. The van der Waals surface area contributed by atoms with Crippen LogP contribution in [0.15, 0.2) is 39.5 Å². The number of ether oxygens (including phenoxy) is 4. The Balaban J connectivity index is 1.66. The van der Waals surface area contributed by atoms with Crippen LogP contribution in [-0.4, -0.2) is 108 Å². The van der Waals surface area contributed by atoms with E-state index < -0.39 is 102 Å². The van der Waals surface area contributed by atoms with Gasteiger partial charge in [-0.15, -0.1) is 0 Å². The molecule has 15 heteroatoms. The highest BCUT2D eigenvalue weighted by atomic mass is 16.7. The summed E-state index contributed by atoms with van der Waals surface area (Å²) in [6, 6.07) is 6.48. The van der Waals surface area contributed by atoms with E-state index in [9.17, 15) is 50.8 Å². The third-order valence-electron chi connectivity index (χ3n) is 6.56. The summed E-state index contributed by atoms with van der Waals surface area (Å²) in [5.74, 6) is -3.71. The number of aliphatic hydroxyl groups excluding tert-OH is 6. The second-order valence-corrected chi connectivity index (χ2v) is 9.32. The zero-order chi connectivity index (χ0) is 28.9. The highest BCUT2D eigenvalue weighted by Crippen LogP contribution is 2.51. The van der Waals surface area contributed by atoms with Gasteiger partial charge in [-0.1, -0.05) is 0 Å². The number of fused-ring (bicyclic) bond motifs is 1. The van der Waals surface area contributed by atoms with Gasteiger partial charge in [0.1, 0.15) is 53.5 Å². The van der Waals surface area contributed by atoms with E-state index in [1.807, 2.05) is 0 Å². The fourth-order valence-corrected chi connectivity index (χ4v) is 4.30. The van der Waals surface area contributed by atoms with Crippen LogP contribution in [0.25, 0.3) is 22.3 Å². The molecule has 8 atom stereocenters. The normalized spacial score (nSPS) is 30.8. The minimum absolute atomic E-state index is 0.0677. The maximum absolute atomic E-state index is 13.2. The van der Waals surface area contributed by atoms with Gasteiger partial charge in [-0.2, -0.15) is 0 Å². The van der Waals surface area contributed by atoms with E-state index in [1.165, 1.54) is 24.3 Å². The van der Waals surface area contributed by atoms with Crippen molar-refractivity contribution >= 4 is 11.0 Å². The Hall–Kier alpha value is -3.67. The lowest BCUT2D eigenvalue weighted by Crippen LogP contribution is -2.55. The molecule has 5 rings (SSSR count). The van der Waals surface area contributed by atoms with E-state index >= 15 is 0 Å². The predicted molar refractivity (Wildman–Crippen MR) is 130 cm³/mol. The first-order chi connectivity index (χ1) is 19.0. The zero-order valence-corrected chi connectivity index (χ0v) is 20.4. The van der Waals surface area contributed by atoms with Crippen molar-refractivity contribution in [1.82, 2.24) is 0 Å². The van der Waals surface area contributed by atoms with E-state index in [0.29, 0.717) is 5.56 Å². The molecule has 2 fully saturated rings. The molecule has 0 unspecified atom stereocenters. The fourth-order valence-electron chi connectivity index (χ4n) is 4.30. The molecule has 1 aromatic heterocycles. The summed E-state index contributed by atoms with van der Waals surface area (Å²) in [7, 11) is 0. The van der Waals surface area contributed by atoms with E-state index in [-0.39, 0.29) is 11.5 Å². The maximum atomic E-state index is 13.2. The van der Waals surface area contributed by atoms with Crippen LogP contribution in [0, 0.1) is 0 Å². The lowest BCUT2D eigenvalue weighted by atomic mass is 10.1. The van der Waals surface area contributed by atoms with Crippen molar-refractivity contribution < 1.29 is 69.3 Å². The van der Waals surface area contributed by atoms with Gasteiger partial charge < -0.3 is 69.3 Å². The van der Waals surface area contributed by atoms with Crippen LogP contribution in [0.4, 0.5) is 0 Å². The number of rotatable bonds is 5. The molecular formula is C25H26O15. The number of aliphatic hydroxyl groups is 6. The summed E-state index contributed by atoms with van der Waals surface area (Å²) in [5, 5.41) is 91.2. The molecule has 40 heavy (non-hydrogen) atoms. The standard InChI is InChI=1S/C25H26O15/c26-9-3-1-8(2-4-9)13-5-10(27)14-17(32)22(39-24-18(33)15(30)11(28)6-36-24)20(35)23(21(14)38-13)40-25-19(34)16(31)12(29)7-37-25/h1-5,11-12,15-16,18-19,24-26,28-35H,6-7H2/t11-,12-,15+,16-,18-,19+,24+,25-/m1/s1. The Morgan fingerprint density at radius 1 is 0.700 bits per heavy atom. The van der Waals surface area contributed by atoms with Crippen molar-refractivity contribution in [3.05, 3.63) is 40.6 Å². The van der Waals surface area contributed by atoms with Crippen LogP contribution in [-0.2, 0) is 9.47 Å². The van der Waals surface area contributed by atoms with Gasteiger partial charge in [0.05, 0.1) is 13.2 Å². The second-order valence-electron chi connectivity index (χ2n) is 9.32. The fraction of sp³-hybridized carbons (Fsp3) is 0.400.